The van der Waals surface area contributed by atoms with E-state index >= 15 is 0 Å². The van der Waals surface area contributed by atoms with E-state index in [2.05, 4.69) is 16.0 Å². The first-order valence-electron chi connectivity index (χ1n) is 7.08. The predicted octanol–water partition coefficient (Wildman–Crippen LogP) is -0.762. The van der Waals surface area contributed by atoms with Gasteiger partial charge in [-0.2, -0.15) is 0 Å². The van der Waals surface area contributed by atoms with Crippen LogP contribution in [0, 0.1) is 0 Å². The minimum atomic E-state index is -1.11. The van der Waals surface area contributed by atoms with Crippen LogP contribution in [0.15, 0.2) is 0 Å². The number of hydrogen-bond acceptors (Lipinski definition) is 9. The van der Waals surface area contributed by atoms with Crippen molar-refractivity contribution in [2.24, 2.45) is 0 Å². The van der Waals surface area contributed by atoms with Crippen LogP contribution in [0.2, 0.25) is 0 Å². The zero-order valence-electron chi connectivity index (χ0n) is 13.7. The van der Waals surface area contributed by atoms with Crippen LogP contribution in [-0.2, 0) is 42.9 Å². The normalized spacial score (nSPS) is 29.3. The molecular weight excluding hydrogens is 391 g/mol. The molecule has 0 aromatic carbocycles. The molecule has 0 aliphatic carbocycles. The molecule has 1 saturated heterocycles. The van der Waals surface area contributed by atoms with Crippen LogP contribution in [0.25, 0.3) is 0 Å². The third-order valence-corrected chi connectivity index (χ3v) is 3.74. The average Bonchev–Trinajstić information content (AvgIpc) is 2.42. The Morgan fingerprint density at radius 2 is 1.25 bits per heavy atom. The summed E-state index contributed by atoms with van der Waals surface area (Å²) < 4.78 is 26.0. The van der Waals surface area contributed by atoms with Gasteiger partial charge in [-0.05, 0) is 0 Å². The Labute approximate surface area is 147 Å². The van der Waals surface area contributed by atoms with Crippen LogP contribution in [0.1, 0.15) is 27.7 Å². The van der Waals surface area contributed by atoms with Gasteiger partial charge in [-0.3, -0.25) is 0 Å². The molecule has 10 heteroatoms. The Morgan fingerprint density at radius 3 is 1.71 bits per heavy atom. The summed E-state index contributed by atoms with van der Waals surface area (Å²) in [5.74, 6) is -2.49. The molecule has 0 amide bonds. The molecule has 1 aliphatic rings. The summed E-state index contributed by atoms with van der Waals surface area (Å²) in [6, 6.07) is 0. The van der Waals surface area contributed by atoms with Gasteiger partial charge in [0.25, 0.3) is 0 Å². The number of hydrogen-bond donors (Lipinski definition) is 0. The first-order chi connectivity index (χ1) is 11.1. The summed E-state index contributed by atoms with van der Waals surface area (Å²) in [4.78, 5) is 45.1. The molecule has 1 aliphatic heterocycles. The van der Waals surface area contributed by atoms with Crippen LogP contribution >= 0.6 is 0 Å². The van der Waals surface area contributed by atoms with Crippen molar-refractivity contribution in [1.82, 2.24) is 0 Å². The average molecular weight is 410 g/mol. The summed E-state index contributed by atoms with van der Waals surface area (Å²) >= 11 is 2.66. The number of ether oxygens (including phenoxy) is 5. The molecule has 0 spiro atoms. The van der Waals surface area contributed by atoms with Crippen molar-refractivity contribution in [2.75, 3.05) is 6.61 Å². The summed E-state index contributed by atoms with van der Waals surface area (Å²) in [5, 5.41) is -0.800. The second-order valence-electron chi connectivity index (χ2n) is 5.07. The number of carbonyl (C=O) groups excluding carboxylic acids is 4. The Bertz CT molecular complexity index is 506. The maximum atomic E-state index is 11.4. The molecule has 9 nitrogen and oxygen atoms in total. The van der Waals surface area contributed by atoms with Gasteiger partial charge >= 0.3 is 146 Å². The van der Waals surface area contributed by atoms with Crippen LogP contribution in [0.3, 0.4) is 0 Å². The van der Waals surface area contributed by atoms with Crippen LogP contribution in [-0.4, -0.2) is 75.9 Å². The summed E-state index contributed by atoms with van der Waals surface area (Å²) in [6.45, 7) is 4.50. The van der Waals surface area contributed by atoms with Gasteiger partial charge in [-0.25, -0.2) is 0 Å². The van der Waals surface area contributed by atoms with Crippen molar-refractivity contribution in [3.8, 4) is 0 Å². The molecular formula is C14H19O9Se. The predicted molar refractivity (Wildman–Crippen MR) is 77.7 cm³/mol. The zero-order chi connectivity index (χ0) is 18.4. The summed E-state index contributed by atoms with van der Waals surface area (Å²) in [5.41, 5.74) is 0. The number of esters is 4. The molecule has 5 unspecified atom stereocenters. The van der Waals surface area contributed by atoms with Crippen molar-refractivity contribution in [3.63, 3.8) is 0 Å². The number of carbonyl (C=O) groups is 4. The zero-order valence-corrected chi connectivity index (χ0v) is 15.4. The van der Waals surface area contributed by atoms with Crippen molar-refractivity contribution in [3.05, 3.63) is 0 Å². The molecule has 0 aromatic heterocycles. The fourth-order valence-electron chi connectivity index (χ4n) is 2.19. The first kappa shape index (κ1) is 20.4. The Morgan fingerprint density at radius 1 is 0.792 bits per heavy atom. The van der Waals surface area contributed by atoms with Gasteiger partial charge in [0.2, 0.25) is 0 Å². The standard InChI is InChI=1S/C14H19O9Se/c1-6(15)19-5-10-11(20-7(2)16)12(21-8(3)17)13(14(24)23-10)22-9(4)18/h10-14H,5H2,1-4H3. The molecule has 0 aromatic rings. The molecule has 1 heterocycles. The maximum absolute atomic E-state index is 11.4. The summed E-state index contributed by atoms with van der Waals surface area (Å²) in [7, 11) is 0. The van der Waals surface area contributed by atoms with Crippen molar-refractivity contribution in [1.29, 1.82) is 0 Å². The molecule has 24 heavy (non-hydrogen) atoms. The van der Waals surface area contributed by atoms with E-state index in [1.54, 1.807) is 0 Å². The van der Waals surface area contributed by atoms with E-state index in [0.717, 1.165) is 0 Å². The van der Waals surface area contributed by atoms with E-state index < -0.39 is 53.3 Å². The molecule has 0 N–H and O–H groups in total. The van der Waals surface area contributed by atoms with Crippen LogP contribution in [0.5, 0.6) is 0 Å². The summed E-state index contributed by atoms with van der Waals surface area (Å²) in [6.07, 6.45) is -4.15. The van der Waals surface area contributed by atoms with Crippen molar-refractivity contribution < 1.29 is 42.9 Å². The second-order valence-corrected chi connectivity index (χ2v) is 6.04. The molecule has 1 radical (unpaired) electrons. The molecule has 1 rings (SSSR count). The Balaban J connectivity index is 3.11. The van der Waals surface area contributed by atoms with E-state index in [0.29, 0.717) is 0 Å². The Hall–Kier alpha value is -1.64. The minimum absolute atomic E-state index is 0.226. The third kappa shape index (κ3) is 6.10. The quantitative estimate of drug-likeness (QED) is 0.328. The van der Waals surface area contributed by atoms with Gasteiger partial charge in [-0.1, -0.05) is 0 Å². The monoisotopic (exact) mass is 411 g/mol. The fourth-order valence-corrected chi connectivity index (χ4v) is 2.93. The van der Waals surface area contributed by atoms with Crippen molar-refractivity contribution in [2.45, 2.75) is 57.1 Å². The number of rotatable bonds is 5. The SMILES string of the molecule is CC(=O)OCC1OC([Se])C(OC(C)=O)C(OC(C)=O)C1OC(C)=O. The third-order valence-electron chi connectivity index (χ3n) is 2.95. The fraction of sp³-hybridized carbons (Fsp3) is 0.714. The first-order valence-corrected chi connectivity index (χ1v) is 8.07. The van der Waals surface area contributed by atoms with E-state index in [4.69, 9.17) is 23.7 Å². The molecule has 135 valence electrons. The van der Waals surface area contributed by atoms with Crippen molar-refractivity contribution >= 4 is 39.9 Å². The van der Waals surface area contributed by atoms with Gasteiger partial charge in [0.15, 0.2) is 0 Å². The molecule has 0 bridgehead atoms. The van der Waals surface area contributed by atoms with Gasteiger partial charge in [-0.15, -0.1) is 0 Å². The Kier molecular flexibility index (Phi) is 7.65. The molecule has 1 fully saturated rings. The van der Waals surface area contributed by atoms with Crippen LogP contribution in [0.4, 0.5) is 0 Å². The van der Waals surface area contributed by atoms with E-state index in [1.165, 1.54) is 27.7 Å². The van der Waals surface area contributed by atoms with Gasteiger partial charge in [0.05, 0.1) is 0 Å². The molecule has 0 saturated carbocycles. The topological polar surface area (TPSA) is 114 Å². The van der Waals surface area contributed by atoms with E-state index in [1.807, 2.05) is 0 Å². The van der Waals surface area contributed by atoms with Gasteiger partial charge in [0.1, 0.15) is 0 Å². The second kappa shape index (κ2) is 9.00. The van der Waals surface area contributed by atoms with E-state index in [9.17, 15) is 19.2 Å². The van der Waals surface area contributed by atoms with Crippen LogP contribution < -0.4 is 0 Å². The molecule has 5 atom stereocenters. The van der Waals surface area contributed by atoms with E-state index in [-0.39, 0.29) is 6.61 Å². The van der Waals surface area contributed by atoms with Gasteiger partial charge < -0.3 is 0 Å². The van der Waals surface area contributed by atoms with Gasteiger partial charge in [0, 0.05) is 0 Å².